The highest BCUT2D eigenvalue weighted by Gasteiger charge is 2.24. The molecule has 0 spiro atoms. The zero-order valence-electron chi connectivity index (χ0n) is 6.36. The maximum absolute atomic E-state index is 10.4. The molecule has 0 bridgehead atoms. The molecule has 0 aliphatic heterocycles. The summed E-state index contributed by atoms with van der Waals surface area (Å²) in [6.45, 7) is 0. The fourth-order valence-corrected chi connectivity index (χ4v) is 1.34. The van der Waals surface area contributed by atoms with Gasteiger partial charge in [-0.2, -0.15) is 0 Å². The second-order valence-corrected chi connectivity index (χ2v) is 2.79. The lowest BCUT2D eigenvalue weighted by atomic mass is 9.83. The van der Waals surface area contributed by atoms with Crippen molar-refractivity contribution in [2.24, 2.45) is 11.8 Å². The fourth-order valence-electron chi connectivity index (χ4n) is 1.34. The second-order valence-electron chi connectivity index (χ2n) is 2.79. The Labute approximate surface area is 69.5 Å². The van der Waals surface area contributed by atoms with Crippen LogP contribution in [0.2, 0.25) is 0 Å². The normalized spacial score (nSPS) is 28.3. The summed E-state index contributed by atoms with van der Waals surface area (Å²) in [5.41, 5.74) is 0. The van der Waals surface area contributed by atoms with Crippen LogP contribution in [0.5, 0.6) is 0 Å². The molecule has 1 aliphatic rings. The van der Waals surface area contributed by atoms with E-state index in [-0.39, 0.29) is 12.8 Å². The van der Waals surface area contributed by atoms with Gasteiger partial charge in [0.25, 0.3) is 0 Å². The highest BCUT2D eigenvalue weighted by molar-refractivity contribution is 5.78. The Morgan fingerprint density at radius 3 is 1.58 bits per heavy atom. The first kappa shape index (κ1) is 8.77. The number of carboxylic acid groups (broad SMARTS) is 2. The summed E-state index contributed by atoms with van der Waals surface area (Å²) in [5.74, 6) is -4.48. The maximum Gasteiger partial charge on any atom is 0.0455 e. The quantitative estimate of drug-likeness (QED) is 0.449. The Morgan fingerprint density at radius 2 is 1.33 bits per heavy atom. The molecule has 1 aliphatic carbocycles. The van der Waals surface area contributed by atoms with Crippen LogP contribution < -0.4 is 10.2 Å². The first-order chi connectivity index (χ1) is 5.63. The Morgan fingerprint density at radius 1 is 1.00 bits per heavy atom. The van der Waals surface area contributed by atoms with Gasteiger partial charge < -0.3 is 19.8 Å². The summed E-state index contributed by atoms with van der Waals surface area (Å²) in [6.07, 6.45) is 3.75. The monoisotopic (exact) mass is 168 g/mol. The van der Waals surface area contributed by atoms with E-state index in [4.69, 9.17) is 0 Å². The number of allylic oxidation sites excluding steroid dienone is 2. The maximum atomic E-state index is 10.4. The molecule has 0 fully saturated rings. The van der Waals surface area contributed by atoms with Crippen molar-refractivity contribution < 1.29 is 19.8 Å². The summed E-state index contributed by atoms with van der Waals surface area (Å²) >= 11 is 0. The molecule has 12 heavy (non-hydrogen) atoms. The molecule has 2 atom stereocenters. The van der Waals surface area contributed by atoms with Gasteiger partial charge in [-0.1, -0.05) is 12.2 Å². The molecule has 0 aromatic rings. The molecule has 0 saturated heterocycles. The van der Waals surface area contributed by atoms with Crippen LogP contribution in [0.3, 0.4) is 0 Å². The molecule has 4 nitrogen and oxygen atoms in total. The number of hydrogen-bond acceptors (Lipinski definition) is 4. The van der Waals surface area contributed by atoms with Crippen molar-refractivity contribution in [1.29, 1.82) is 0 Å². The Hall–Kier alpha value is -1.32. The Kier molecular flexibility index (Phi) is 2.47. The molecule has 0 heterocycles. The van der Waals surface area contributed by atoms with Crippen LogP contribution in [0.1, 0.15) is 12.8 Å². The van der Waals surface area contributed by atoms with Gasteiger partial charge in [-0.3, -0.25) is 0 Å². The highest BCUT2D eigenvalue weighted by Crippen LogP contribution is 2.24. The molecule has 0 N–H and O–H groups in total. The highest BCUT2D eigenvalue weighted by atomic mass is 16.4. The fraction of sp³-hybridized carbons (Fsp3) is 0.500. The first-order valence-corrected chi connectivity index (χ1v) is 3.69. The van der Waals surface area contributed by atoms with Gasteiger partial charge in [0.2, 0.25) is 0 Å². The minimum Gasteiger partial charge on any atom is -0.550 e. The van der Waals surface area contributed by atoms with Crippen LogP contribution in [0, 0.1) is 11.8 Å². The van der Waals surface area contributed by atoms with Crippen molar-refractivity contribution in [3.63, 3.8) is 0 Å². The average Bonchev–Trinajstić information content (AvgIpc) is 2.04. The van der Waals surface area contributed by atoms with E-state index in [2.05, 4.69) is 0 Å². The average molecular weight is 168 g/mol. The van der Waals surface area contributed by atoms with E-state index in [0.29, 0.717) is 0 Å². The number of carbonyl (C=O) groups excluding carboxylic acids is 2. The van der Waals surface area contributed by atoms with Crippen molar-refractivity contribution >= 4 is 11.9 Å². The predicted octanol–water partition coefficient (Wildman–Crippen LogP) is -1.93. The van der Waals surface area contributed by atoms with E-state index in [0.717, 1.165) is 0 Å². The third-order valence-corrected chi connectivity index (χ3v) is 2.04. The number of aliphatic carboxylic acids is 2. The molecular weight excluding hydrogens is 160 g/mol. The van der Waals surface area contributed by atoms with E-state index in [1.165, 1.54) is 0 Å². The molecular formula is C8H8O4-2. The van der Waals surface area contributed by atoms with Crippen LogP contribution >= 0.6 is 0 Å². The molecule has 0 amide bonds. The number of carbonyl (C=O) groups is 2. The number of rotatable bonds is 2. The third kappa shape index (κ3) is 1.64. The summed E-state index contributed by atoms with van der Waals surface area (Å²) in [4.78, 5) is 20.9. The molecule has 0 radical (unpaired) electrons. The molecule has 0 saturated carbocycles. The third-order valence-electron chi connectivity index (χ3n) is 2.04. The minimum atomic E-state index is -1.31. The van der Waals surface area contributed by atoms with E-state index in [1.54, 1.807) is 12.2 Å². The van der Waals surface area contributed by atoms with Crippen LogP contribution in [0.15, 0.2) is 12.2 Å². The summed E-state index contributed by atoms with van der Waals surface area (Å²) < 4.78 is 0. The molecule has 0 aromatic carbocycles. The van der Waals surface area contributed by atoms with Crippen molar-refractivity contribution in [3.05, 3.63) is 12.2 Å². The van der Waals surface area contributed by atoms with Crippen LogP contribution in [0.4, 0.5) is 0 Å². The minimum absolute atomic E-state index is 0.223. The first-order valence-electron chi connectivity index (χ1n) is 3.69. The zero-order valence-corrected chi connectivity index (χ0v) is 6.36. The van der Waals surface area contributed by atoms with Crippen LogP contribution in [-0.2, 0) is 9.59 Å². The van der Waals surface area contributed by atoms with Gasteiger partial charge in [-0.25, -0.2) is 0 Å². The lowest BCUT2D eigenvalue weighted by Gasteiger charge is -2.29. The summed E-state index contributed by atoms with van der Waals surface area (Å²) in [5, 5.41) is 20.9. The predicted molar refractivity (Wildman–Crippen MR) is 35.4 cm³/mol. The second kappa shape index (κ2) is 3.38. The Bertz CT molecular complexity index is 207. The van der Waals surface area contributed by atoms with Crippen molar-refractivity contribution in [2.45, 2.75) is 12.8 Å². The standard InChI is InChI=1S/C8H10O4/c9-7(10)5-3-1-2-4-6(5)8(11)12/h1-2,5-6H,3-4H2,(H,9,10)(H,11,12)/p-2/t5-,6-/m1/s1. The SMILES string of the molecule is O=C([O-])[C@@H]1CC=CC[C@H]1C(=O)[O-]. The van der Waals surface area contributed by atoms with E-state index >= 15 is 0 Å². The molecule has 4 heteroatoms. The molecule has 0 unspecified atom stereocenters. The van der Waals surface area contributed by atoms with Crippen LogP contribution in [0.25, 0.3) is 0 Å². The van der Waals surface area contributed by atoms with Crippen molar-refractivity contribution in [3.8, 4) is 0 Å². The van der Waals surface area contributed by atoms with Crippen molar-refractivity contribution in [2.75, 3.05) is 0 Å². The summed E-state index contributed by atoms with van der Waals surface area (Å²) in [6, 6.07) is 0. The lowest BCUT2D eigenvalue weighted by molar-refractivity contribution is -0.326. The lowest BCUT2D eigenvalue weighted by Crippen LogP contribution is -2.44. The molecule has 66 valence electrons. The number of hydrogen-bond donors (Lipinski definition) is 0. The van der Waals surface area contributed by atoms with E-state index in [1.807, 2.05) is 0 Å². The zero-order chi connectivity index (χ0) is 9.14. The van der Waals surface area contributed by atoms with Gasteiger partial charge in [0, 0.05) is 23.8 Å². The van der Waals surface area contributed by atoms with Gasteiger partial charge in [-0.15, -0.1) is 0 Å². The smallest absolute Gasteiger partial charge is 0.0455 e. The molecule has 1 rings (SSSR count). The van der Waals surface area contributed by atoms with Gasteiger partial charge >= 0.3 is 0 Å². The largest absolute Gasteiger partial charge is 0.550 e. The van der Waals surface area contributed by atoms with E-state index in [9.17, 15) is 19.8 Å². The van der Waals surface area contributed by atoms with E-state index < -0.39 is 23.8 Å². The van der Waals surface area contributed by atoms with Gasteiger partial charge in [-0.05, 0) is 12.8 Å². The Balaban J connectivity index is 2.76. The van der Waals surface area contributed by atoms with Crippen LogP contribution in [-0.4, -0.2) is 11.9 Å². The van der Waals surface area contributed by atoms with Crippen molar-refractivity contribution in [1.82, 2.24) is 0 Å². The molecule has 0 aromatic heterocycles. The summed E-state index contributed by atoms with van der Waals surface area (Å²) in [7, 11) is 0. The topological polar surface area (TPSA) is 80.3 Å². The van der Waals surface area contributed by atoms with Gasteiger partial charge in [0.1, 0.15) is 0 Å². The van der Waals surface area contributed by atoms with Gasteiger partial charge in [0.15, 0.2) is 0 Å². The number of carboxylic acids is 2. The van der Waals surface area contributed by atoms with Gasteiger partial charge in [0.05, 0.1) is 0 Å².